The van der Waals surface area contributed by atoms with E-state index in [1.165, 1.54) is 24.3 Å². The number of carbonyl (C=O) groups is 1. The van der Waals surface area contributed by atoms with E-state index < -0.39 is 16.0 Å². The molecule has 0 spiro atoms. The number of carbonyl (C=O) groups excluding carboxylic acids is 1. The van der Waals surface area contributed by atoms with Gasteiger partial charge in [0.25, 0.3) is 10.0 Å². The summed E-state index contributed by atoms with van der Waals surface area (Å²) < 4.78 is 33.1. The summed E-state index contributed by atoms with van der Waals surface area (Å²) in [5, 5.41) is 0.661. The van der Waals surface area contributed by atoms with Crippen LogP contribution in [-0.4, -0.2) is 25.5 Å². The third kappa shape index (κ3) is 4.14. The second kappa shape index (κ2) is 7.22. The summed E-state index contributed by atoms with van der Waals surface area (Å²) in [6.07, 6.45) is -0.221. The van der Waals surface area contributed by atoms with Crippen LogP contribution in [0.15, 0.2) is 47.4 Å². The summed E-state index contributed by atoms with van der Waals surface area (Å²) in [5.74, 6) is -0.432. The summed E-state index contributed by atoms with van der Waals surface area (Å²) in [6, 6.07) is 10.7. The first-order valence-corrected chi connectivity index (χ1v) is 10.3. The zero-order valence-electron chi connectivity index (χ0n) is 13.9. The summed E-state index contributed by atoms with van der Waals surface area (Å²) in [6.45, 7) is 3.54. The Morgan fingerprint density at radius 1 is 1.19 bits per heavy atom. The van der Waals surface area contributed by atoms with Gasteiger partial charge in [0.05, 0.1) is 26.8 Å². The Bertz CT molecular complexity index is 1060. The van der Waals surface area contributed by atoms with Crippen LogP contribution in [0.25, 0.3) is 10.2 Å². The monoisotopic (exact) mass is 410 g/mol. The van der Waals surface area contributed by atoms with E-state index in [1.807, 2.05) is 0 Å². The number of rotatable bonds is 5. The number of benzene rings is 2. The van der Waals surface area contributed by atoms with Crippen LogP contribution in [0.3, 0.4) is 0 Å². The third-order valence-corrected chi connectivity index (χ3v) is 5.98. The molecule has 1 heterocycles. The zero-order valence-corrected chi connectivity index (χ0v) is 16.3. The van der Waals surface area contributed by atoms with Gasteiger partial charge in [0, 0.05) is 5.02 Å². The standard InChI is InChI=1S/C17H15ClN2O4S2/c1-10(2)24-16(21)11-3-8-14-15(9-11)25-17(19-14)20-26(22,23)13-6-4-12(18)5-7-13/h3-10H,1-2H3,(H,19,20). The lowest BCUT2D eigenvalue weighted by Crippen LogP contribution is -2.12. The molecule has 0 amide bonds. The lowest BCUT2D eigenvalue weighted by Gasteiger charge is -2.07. The number of halogens is 1. The molecule has 0 fully saturated rings. The molecule has 3 aromatic rings. The highest BCUT2D eigenvalue weighted by Gasteiger charge is 2.17. The van der Waals surface area contributed by atoms with Crippen molar-refractivity contribution in [3.63, 3.8) is 0 Å². The summed E-state index contributed by atoms with van der Waals surface area (Å²) in [4.78, 5) is 16.3. The van der Waals surface area contributed by atoms with Crippen molar-refractivity contribution in [3.05, 3.63) is 53.1 Å². The SMILES string of the molecule is CC(C)OC(=O)c1ccc2nc(NS(=O)(=O)c3ccc(Cl)cc3)sc2c1. The van der Waals surface area contributed by atoms with Crippen molar-refractivity contribution >= 4 is 54.3 Å². The van der Waals surface area contributed by atoms with Crippen molar-refractivity contribution in [2.45, 2.75) is 24.8 Å². The van der Waals surface area contributed by atoms with Gasteiger partial charge in [0.1, 0.15) is 0 Å². The van der Waals surface area contributed by atoms with Crippen molar-refractivity contribution in [1.82, 2.24) is 4.98 Å². The molecule has 0 radical (unpaired) electrons. The minimum atomic E-state index is -3.77. The van der Waals surface area contributed by atoms with Crippen LogP contribution in [0.2, 0.25) is 5.02 Å². The number of hydrogen-bond donors (Lipinski definition) is 1. The van der Waals surface area contributed by atoms with Gasteiger partial charge in [0.15, 0.2) is 5.13 Å². The maximum Gasteiger partial charge on any atom is 0.338 e. The lowest BCUT2D eigenvalue weighted by molar-refractivity contribution is 0.0378. The van der Waals surface area contributed by atoms with E-state index in [1.54, 1.807) is 32.0 Å². The first kappa shape index (κ1) is 18.6. The van der Waals surface area contributed by atoms with Crippen LogP contribution in [0, 0.1) is 0 Å². The second-order valence-corrected chi connectivity index (χ2v) is 8.86. The molecule has 2 aromatic carbocycles. The molecule has 0 aliphatic carbocycles. The molecule has 0 unspecified atom stereocenters. The highest BCUT2D eigenvalue weighted by molar-refractivity contribution is 7.93. The normalized spacial score (nSPS) is 11.7. The van der Waals surface area contributed by atoms with Gasteiger partial charge in [-0.3, -0.25) is 4.72 Å². The van der Waals surface area contributed by atoms with Crippen molar-refractivity contribution in [1.29, 1.82) is 0 Å². The summed E-state index contributed by atoms with van der Waals surface area (Å²) in [5.41, 5.74) is 0.979. The van der Waals surface area contributed by atoms with Crippen LogP contribution < -0.4 is 4.72 Å². The number of aromatic nitrogens is 1. The molecule has 0 saturated carbocycles. The summed E-state index contributed by atoms with van der Waals surface area (Å²) >= 11 is 6.92. The van der Waals surface area contributed by atoms with Gasteiger partial charge in [-0.1, -0.05) is 22.9 Å². The minimum Gasteiger partial charge on any atom is -0.459 e. The van der Waals surface area contributed by atoms with E-state index in [2.05, 4.69) is 9.71 Å². The fourth-order valence-corrected chi connectivity index (χ4v) is 4.43. The van der Waals surface area contributed by atoms with Gasteiger partial charge in [-0.15, -0.1) is 0 Å². The highest BCUT2D eigenvalue weighted by Crippen LogP contribution is 2.29. The maximum absolute atomic E-state index is 12.4. The molecule has 0 atom stereocenters. The molecule has 9 heteroatoms. The Morgan fingerprint density at radius 3 is 2.54 bits per heavy atom. The van der Waals surface area contributed by atoms with E-state index in [4.69, 9.17) is 16.3 Å². The first-order chi connectivity index (χ1) is 12.2. The van der Waals surface area contributed by atoms with E-state index >= 15 is 0 Å². The molecule has 0 aliphatic rings. The van der Waals surface area contributed by atoms with E-state index in [-0.39, 0.29) is 16.1 Å². The highest BCUT2D eigenvalue weighted by atomic mass is 35.5. The number of sulfonamides is 1. The van der Waals surface area contributed by atoms with E-state index in [9.17, 15) is 13.2 Å². The number of fused-ring (bicyclic) bond motifs is 1. The Labute approximate surface area is 159 Å². The number of nitrogens with one attached hydrogen (secondary N) is 1. The number of hydrogen-bond acceptors (Lipinski definition) is 6. The van der Waals surface area contributed by atoms with Crippen LogP contribution in [-0.2, 0) is 14.8 Å². The Kier molecular flexibility index (Phi) is 5.17. The summed E-state index contributed by atoms with van der Waals surface area (Å²) in [7, 11) is -3.77. The smallest absolute Gasteiger partial charge is 0.338 e. The van der Waals surface area contributed by atoms with Crippen molar-refractivity contribution in [2.75, 3.05) is 4.72 Å². The predicted octanol–water partition coefficient (Wildman–Crippen LogP) is 4.32. The van der Waals surface area contributed by atoms with Gasteiger partial charge < -0.3 is 4.74 Å². The average Bonchev–Trinajstić information content (AvgIpc) is 2.95. The van der Waals surface area contributed by atoms with Gasteiger partial charge in [0.2, 0.25) is 0 Å². The van der Waals surface area contributed by atoms with Gasteiger partial charge in [-0.05, 0) is 56.3 Å². The van der Waals surface area contributed by atoms with Gasteiger partial charge >= 0.3 is 5.97 Å². The van der Waals surface area contributed by atoms with Crippen LogP contribution >= 0.6 is 22.9 Å². The molecular formula is C17H15ClN2O4S2. The Morgan fingerprint density at radius 2 is 1.88 bits per heavy atom. The molecule has 3 rings (SSSR count). The molecule has 0 saturated heterocycles. The van der Waals surface area contributed by atoms with Gasteiger partial charge in [-0.25, -0.2) is 18.2 Å². The zero-order chi connectivity index (χ0) is 18.9. The van der Waals surface area contributed by atoms with Gasteiger partial charge in [-0.2, -0.15) is 0 Å². The van der Waals surface area contributed by atoms with Crippen molar-refractivity contribution in [3.8, 4) is 0 Å². The van der Waals surface area contributed by atoms with E-state index in [0.29, 0.717) is 20.8 Å². The van der Waals surface area contributed by atoms with Crippen LogP contribution in [0.5, 0.6) is 0 Å². The lowest BCUT2D eigenvalue weighted by atomic mass is 10.2. The molecule has 0 bridgehead atoms. The fraction of sp³-hybridized carbons (Fsp3) is 0.176. The predicted molar refractivity (Wildman–Crippen MR) is 102 cm³/mol. The number of anilines is 1. The number of esters is 1. The van der Waals surface area contributed by atoms with Crippen LogP contribution in [0.4, 0.5) is 5.13 Å². The number of thiazole rings is 1. The fourth-order valence-electron chi connectivity index (χ4n) is 2.16. The number of nitrogens with zero attached hydrogens (tertiary/aromatic N) is 1. The maximum atomic E-state index is 12.4. The van der Waals surface area contributed by atoms with Crippen molar-refractivity contribution < 1.29 is 17.9 Å². The quantitative estimate of drug-likeness (QED) is 0.633. The molecule has 136 valence electrons. The molecule has 1 aromatic heterocycles. The third-order valence-electron chi connectivity index (χ3n) is 3.31. The largest absolute Gasteiger partial charge is 0.459 e. The molecule has 0 aliphatic heterocycles. The molecular weight excluding hydrogens is 396 g/mol. The average molecular weight is 411 g/mol. The minimum absolute atomic E-state index is 0.0855. The van der Waals surface area contributed by atoms with E-state index in [0.717, 1.165) is 11.3 Å². The Hall–Kier alpha value is -2.16. The molecule has 1 N–H and O–H groups in total. The molecule has 6 nitrogen and oxygen atoms in total. The first-order valence-electron chi connectivity index (χ1n) is 7.64. The molecule has 26 heavy (non-hydrogen) atoms. The Balaban J connectivity index is 1.87. The topological polar surface area (TPSA) is 85.4 Å². The van der Waals surface area contributed by atoms with Crippen molar-refractivity contribution in [2.24, 2.45) is 0 Å². The second-order valence-electron chi connectivity index (χ2n) is 5.72. The van der Waals surface area contributed by atoms with Crippen LogP contribution in [0.1, 0.15) is 24.2 Å². The number of ether oxygens (including phenoxy) is 1.